The highest BCUT2D eigenvalue weighted by atomic mass is 16.5. The number of fused-ring (bicyclic) bond motifs is 1. The number of pyridine rings is 1. The zero-order valence-corrected chi connectivity index (χ0v) is 12.7. The minimum Gasteiger partial charge on any atom is -0.506 e. The van der Waals surface area contributed by atoms with E-state index in [0.717, 1.165) is 0 Å². The van der Waals surface area contributed by atoms with Gasteiger partial charge in [-0.2, -0.15) is 0 Å². The Kier molecular flexibility index (Phi) is 3.85. The lowest BCUT2D eigenvalue weighted by Crippen LogP contribution is -1.97. The second-order valence-corrected chi connectivity index (χ2v) is 5.05. The molecule has 5 nitrogen and oxygen atoms in total. The van der Waals surface area contributed by atoms with E-state index < -0.39 is 0 Å². The predicted molar refractivity (Wildman–Crippen MR) is 86.5 cm³/mol. The van der Waals surface area contributed by atoms with Crippen LogP contribution in [0.3, 0.4) is 0 Å². The fraction of sp³-hybridized carbons (Fsp3) is 0.111. The lowest BCUT2D eigenvalue weighted by molar-refractivity contribution is 0.101. The number of benzene rings is 2. The van der Waals surface area contributed by atoms with Crippen LogP contribution < -0.4 is 9.47 Å². The molecule has 0 aliphatic rings. The van der Waals surface area contributed by atoms with Gasteiger partial charge in [0.05, 0.1) is 12.6 Å². The average Bonchev–Trinajstić information content (AvgIpc) is 2.54. The van der Waals surface area contributed by atoms with E-state index in [1.165, 1.54) is 13.0 Å². The van der Waals surface area contributed by atoms with Crippen molar-refractivity contribution in [3.8, 4) is 23.0 Å². The van der Waals surface area contributed by atoms with E-state index in [0.29, 0.717) is 28.2 Å². The molecule has 5 heteroatoms. The number of nitrogens with zero attached hydrogens (tertiary/aromatic N) is 1. The highest BCUT2D eigenvalue weighted by molar-refractivity contribution is 5.97. The van der Waals surface area contributed by atoms with Gasteiger partial charge in [-0.25, -0.2) is 4.98 Å². The molecule has 1 aromatic heterocycles. The molecule has 0 saturated heterocycles. The van der Waals surface area contributed by atoms with E-state index in [1.807, 2.05) is 18.2 Å². The third-order valence-electron chi connectivity index (χ3n) is 3.38. The molecule has 0 radical (unpaired) electrons. The molecule has 0 unspecified atom stereocenters. The van der Waals surface area contributed by atoms with Crippen LogP contribution in [0, 0.1) is 0 Å². The number of aromatic hydroxyl groups is 1. The molecule has 116 valence electrons. The fourth-order valence-corrected chi connectivity index (χ4v) is 2.27. The van der Waals surface area contributed by atoms with E-state index in [4.69, 9.17) is 9.47 Å². The largest absolute Gasteiger partial charge is 0.506 e. The zero-order valence-electron chi connectivity index (χ0n) is 12.7. The van der Waals surface area contributed by atoms with E-state index in [-0.39, 0.29) is 17.2 Å². The number of methoxy groups -OCH3 is 1. The van der Waals surface area contributed by atoms with Gasteiger partial charge in [-0.05, 0) is 36.4 Å². The lowest BCUT2D eigenvalue weighted by atomic mass is 10.1. The first-order valence-electron chi connectivity index (χ1n) is 7.03. The Morgan fingerprint density at radius 1 is 1.04 bits per heavy atom. The molecule has 3 rings (SSSR count). The maximum absolute atomic E-state index is 11.4. The monoisotopic (exact) mass is 309 g/mol. The third-order valence-corrected chi connectivity index (χ3v) is 3.38. The molecule has 1 N–H and O–H groups in total. The maximum Gasteiger partial charge on any atom is 0.181 e. The molecular weight excluding hydrogens is 294 g/mol. The summed E-state index contributed by atoms with van der Waals surface area (Å²) in [5.74, 6) is 1.53. The SMILES string of the molecule is COc1cccc(Oc2ccc3nc(C(C)=O)c(O)cc3c2)c1. The number of ether oxygens (including phenoxy) is 2. The van der Waals surface area contributed by atoms with Crippen molar-refractivity contribution in [3.63, 3.8) is 0 Å². The molecule has 23 heavy (non-hydrogen) atoms. The molecule has 0 aliphatic carbocycles. The Morgan fingerprint density at radius 3 is 2.52 bits per heavy atom. The summed E-state index contributed by atoms with van der Waals surface area (Å²) in [6, 6.07) is 14.0. The minimum atomic E-state index is -0.277. The summed E-state index contributed by atoms with van der Waals surface area (Å²) in [6.45, 7) is 1.37. The van der Waals surface area contributed by atoms with Crippen molar-refractivity contribution in [2.24, 2.45) is 0 Å². The highest BCUT2D eigenvalue weighted by Crippen LogP contribution is 2.29. The van der Waals surface area contributed by atoms with Crippen molar-refractivity contribution in [2.75, 3.05) is 7.11 Å². The number of hydrogen-bond acceptors (Lipinski definition) is 5. The molecule has 0 fully saturated rings. The van der Waals surface area contributed by atoms with Crippen LogP contribution in [0.2, 0.25) is 0 Å². The first-order chi connectivity index (χ1) is 11.1. The summed E-state index contributed by atoms with van der Waals surface area (Å²) >= 11 is 0. The van der Waals surface area contributed by atoms with Gasteiger partial charge in [0.15, 0.2) is 5.78 Å². The third kappa shape index (κ3) is 3.08. The first-order valence-corrected chi connectivity index (χ1v) is 7.03. The van der Waals surface area contributed by atoms with Gasteiger partial charge in [0, 0.05) is 18.4 Å². The summed E-state index contributed by atoms with van der Waals surface area (Å²) in [5, 5.41) is 10.6. The Bertz CT molecular complexity index is 889. The quantitative estimate of drug-likeness (QED) is 0.739. The van der Waals surface area contributed by atoms with Crippen LogP contribution in [0.15, 0.2) is 48.5 Å². The molecule has 0 atom stereocenters. The van der Waals surface area contributed by atoms with Crippen LogP contribution in [0.5, 0.6) is 23.0 Å². The number of ketones is 1. The minimum absolute atomic E-state index is 0.0685. The number of carbonyl (C=O) groups is 1. The fourth-order valence-electron chi connectivity index (χ4n) is 2.27. The molecular formula is C18H15NO4. The van der Waals surface area contributed by atoms with E-state index >= 15 is 0 Å². The summed E-state index contributed by atoms with van der Waals surface area (Å²) in [7, 11) is 1.59. The number of rotatable bonds is 4. The lowest BCUT2D eigenvalue weighted by Gasteiger charge is -2.09. The molecule has 0 amide bonds. The second kappa shape index (κ2) is 5.96. The van der Waals surface area contributed by atoms with Crippen LogP contribution in [0.4, 0.5) is 0 Å². The van der Waals surface area contributed by atoms with Gasteiger partial charge < -0.3 is 14.6 Å². The maximum atomic E-state index is 11.4. The van der Waals surface area contributed by atoms with Gasteiger partial charge in [0.25, 0.3) is 0 Å². The number of aromatic nitrogens is 1. The van der Waals surface area contributed by atoms with E-state index in [2.05, 4.69) is 4.98 Å². The van der Waals surface area contributed by atoms with Crippen molar-refractivity contribution in [3.05, 3.63) is 54.2 Å². The van der Waals surface area contributed by atoms with Crippen molar-refractivity contribution in [1.29, 1.82) is 0 Å². The molecule has 0 bridgehead atoms. The summed E-state index contributed by atoms with van der Waals surface area (Å²) in [6.07, 6.45) is 0. The Morgan fingerprint density at radius 2 is 1.78 bits per heavy atom. The smallest absolute Gasteiger partial charge is 0.181 e. The Hall–Kier alpha value is -3.08. The van der Waals surface area contributed by atoms with Crippen molar-refractivity contribution >= 4 is 16.7 Å². The van der Waals surface area contributed by atoms with Crippen molar-refractivity contribution < 1.29 is 19.4 Å². The highest BCUT2D eigenvalue weighted by Gasteiger charge is 2.11. The summed E-state index contributed by atoms with van der Waals surface area (Å²) < 4.78 is 10.9. The number of carbonyl (C=O) groups excluding carboxylic acids is 1. The summed E-state index contributed by atoms with van der Waals surface area (Å²) in [5.41, 5.74) is 0.685. The van der Waals surface area contributed by atoms with Crippen LogP contribution in [-0.4, -0.2) is 23.0 Å². The van der Waals surface area contributed by atoms with Crippen molar-refractivity contribution in [1.82, 2.24) is 4.98 Å². The number of Topliss-reactive ketones (excluding diaryl/α,β-unsaturated/α-hetero) is 1. The van der Waals surface area contributed by atoms with Crippen LogP contribution in [-0.2, 0) is 0 Å². The predicted octanol–water partition coefficient (Wildman–Crippen LogP) is 3.94. The van der Waals surface area contributed by atoms with Crippen LogP contribution >= 0.6 is 0 Å². The first kappa shape index (κ1) is 14.8. The normalized spacial score (nSPS) is 10.5. The van der Waals surface area contributed by atoms with E-state index in [1.54, 1.807) is 31.4 Å². The molecule has 0 aliphatic heterocycles. The van der Waals surface area contributed by atoms with Crippen molar-refractivity contribution in [2.45, 2.75) is 6.92 Å². The van der Waals surface area contributed by atoms with Gasteiger partial charge >= 0.3 is 0 Å². The Balaban J connectivity index is 1.96. The molecule has 1 heterocycles. The molecule has 2 aromatic carbocycles. The molecule has 0 spiro atoms. The van der Waals surface area contributed by atoms with Gasteiger partial charge in [-0.1, -0.05) is 6.07 Å². The van der Waals surface area contributed by atoms with Crippen LogP contribution in [0.25, 0.3) is 10.9 Å². The Labute approximate surface area is 133 Å². The molecule has 0 saturated carbocycles. The topological polar surface area (TPSA) is 68.7 Å². The molecule has 3 aromatic rings. The number of hydrogen-bond donors (Lipinski definition) is 1. The van der Waals surface area contributed by atoms with Gasteiger partial charge in [-0.15, -0.1) is 0 Å². The average molecular weight is 309 g/mol. The standard InChI is InChI=1S/C18H15NO4/c1-11(20)18-17(21)9-12-8-15(6-7-16(12)19-18)23-14-5-3-4-13(10-14)22-2/h3-10,21H,1-2H3. The van der Waals surface area contributed by atoms with Crippen LogP contribution in [0.1, 0.15) is 17.4 Å². The van der Waals surface area contributed by atoms with E-state index in [9.17, 15) is 9.90 Å². The zero-order chi connectivity index (χ0) is 16.4. The van der Waals surface area contributed by atoms with Gasteiger partial charge in [0.1, 0.15) is 28.7 Å². The second-order valence-electron chi connectivity index (χ2n) is 5.05. The summed E-state index contributed by atoms with van der Waals surface area (Å²) in [4.78, 5) is 15.6. The van der Waals surface area contributed by atoms with Gasteiger partial charge in [-0.3, -0.25) is 4.79 Å². The van der Waals surface area contributed by atoms with Gasteiger partial charge in [0.2, 0.25) is 0 Å².